The molecule has 0 bridgehead atoms. The Morgan fingerprint density at radius 3 is 2.84 bits per heavy atom. The molecule has 0 saturated carbocycles. The molecule has 3 N–H and O–H groups in total. The first-order chi connectivity index (χ1) is 9.38. The lowest BCUT2D eigenvalue weighted by atomic mass is 9.90. The molecule has 1 aromatic carbocycles. The molecule has 2 atom stereocenters. The Kier molecular flexibility index (Phi) is 3.82. The third kappa shape index (κ3) is 2.66. The van der Waals surface area contributed by atoms with E-state index in [1.54, 1.807) is 0 Å². The highest BCUT2D eigenvalue weighted by atomic mass is 32.2. The van der Waals surface area contributed by atoms with Gasteiger partial charge in [0, 0.05) is 35.0 Å². The molecule has 3 rings (SSSR count). The van der Waals surface area contributed by atoms with Gasteiger partial charge < -0.3 is 0 Å². The minimum Gasteiger partial charge on any atom is -0.271 e. The van der Waals surface area contributed by atoms with Crippen LogP contribution in [0, 0.1) is 0 Å². The van der Waals surface area contributed by atoms with E-state index in [0.717, 1.165) is 12.2 Å². The van der Waals surface area contributed by atoms with Crippen molar-refractivity contribution in [2.75, 3.05) is 5.75 Å². The molecule has 1 aliphatic heterocycles. The van der Waals surface area contributed by atoms with E-state index >= 15 is 0 Å². The summed E-state index contributed by atoms with van der Waals surface area (Å²) in [6, 6.07) is 13.0. The van der Waals surface area contributed by atoms with Gasteiger partial charge in [-0.3, -0.25) is 16.3 Å². The average Bonchev–Trinajstić information content (AvgIpc) is 2.90. The summed E-state index contributed by atoms with van der Waals surface area (Å²) in [5, 5.41) is 0. The average molecular weight is 271 g/mol. The molecule has 0 saturated heterocycles. The van der Waals surface area contributed by atoms with E-state index in [0.29, 0.717) is 5.92 Å². The molecule has 0 amide bonds. The van der Waals surface area contributed by atoms with Crippen LogP contribution in [0.15, 0.2) is 53.7 Å². The number of rotatable bonds is 4. The number of nitrogens with two attached hydrogens (primary N) is 1. The molecule has 0 aliphatic carbocycles. The van der Waals surface area contributed by atoms with Crippen molar-refractivity contribution < 1.29 is 0 Å². The van der Waals surface area contributed by atoms with Crippen molar-refractivity contribution in [3.8, 4) is 0 Å². The molecule has 1 aromatic heterocycles. The number of pyridine rings is 1. The summed E-state index contributed by atoms with van der Waals surface area (Å²) in [6.07, 6.45) is 4.60. The molecule has 19 heavy (non-hydrogen) atoms. The molecule has 2 unspecified atom stereocenters. The highest BCUT2D eigenvalue weighted by Gasteiger charge is 2.29. The molecular formula is C15H17N3S. The first kappa shape index (κ1) is 12.7. The third-order valence-corrected chi connectivity index (χ3v) is 4.85. The van der Waals surface area contributed by atoms with Gasteiger partial charge in [-0.2, -0.15) is 0 Å². The number of fused-ring (bicyclic) bond motifs is 1. The van der Waals surface area contributed by atoms with Gasteiger partial charge in [0.1, 0.15) is 0 Å². The van der Waals surface area contributed by atoms with E-state index in [1.807, 2.05) is 24.2 Å². The van der Waals surface area contributed by atoms with Gasteiger partial charge in [0.15, 0.2) is 0 Å². The van der Waals surface area contributed by atoms with Crippen molar-refractivity contribution >= 4 is 11.8 Å². The molecule has 4 heteroatoms. The predicted octanol–water partition coefficient (Wildman–Crippen LogP) is 2.35. The lowest BCUT2D eigenvalue weighted by Crippen LogP contribution is -2.41. The maximum absolute atomic E-state index is 5.78. The van der Waals surface area contributed by atoms with E-state index in [-0.39, 0.29) is 6.04 Å². The topological polar surface area (TPSA) is 50.9 Å². The van der Waals surface area contributed by atoms with E-state index in [9.17, 15) is 0 Å². The van der Waals surface area contributed by atoms with Crippen molar-refractivity contribution in [2.24, 2.45) is 5.84 Å². The van der Waals surface area contributed by atoms with Crippen LogP contribution < -0.4 is 11.3 Å². The van der Waals surface area contributed by atoms with Gasteiger partial charge in [-0.1, -0.05) is 18.2 Å². The van der Waals surface area contributed by atoms with Crippen LogP contribution in [0.25, 0.3) is 0 Å². The van der Waals surface area contributed by atoms with Crippen LogP contribution in [0.5, 0.6) is 0 Å². The SMILES string of the molecule is NNC(Cc1ccncc1)C1CSc2ccccc21. The molecule has 0 spiro atoms. The van der Waals surface area contributed by atoms with Crippen LogP contribution in [0.3, 0.4) is 0 Å². The highest BCUT2D eigenvalue weighted by molar-refractivity contribution is 7.99. The summed E-state index contributed by atoms with van der Waals surface area (Å²) in [5.74, 6) is 7.35. The Labute approximate surface area is 117 Å². The fourth-order valence-electron chi connectivity index (χ4n) is 2.61. The van der Waals surface area contributed by atoms with Crippen LogP contribution in [0.4, 0.5) is 0 Å². The lowest BCUT2D eigenvalue weighted by Gasteiger charge is -2.23. The summed E-state index contributed by atoms with van der Waals surface area (Å²) in [5.41, 5.74) is 5.69. The second-order valence-corrected chi connectivity index (χ2v) is 5.85. The monoisotopic (exact) mass is 271 g/mol. The number of hydrogen-bond acceptors (Lipinski definition) is 4. The van der Waals surface area contributed by atoms with E-state index in [4.69, 9.17) is 5.84 Å². The van der Waals surface area contributed by atoms with E-state index in [1.165, 1.54) is 16.0 Å². The Morgan fingerprint density at radius 1 is 1.26 bits per heavy atom. The molecule has 3 nitrogen and oxygen atoms in total. The maximum Gasteiger partial charge on any atom is 0.0328 e. The summed E-state index contributed by atoms with van der Waals surface area (Å²) < 4.78 is 0. The summed E-state index contributed by atoms with van der Waals surface area (Å²) in [7, 11) is 0. The van der Waals surface area contributed by atoms with Crippen molar-refractivity contribution in [3.05, 3.63) is 59.9 Å². The van der Waals surface area contributed by atoms with Crippen LogP contribution in [-0.2, 0) is 6.42 Å². The molecule has 1 aliphatic rings. The van der Waals surface area contributed by atoms with Gasteiger partial charge in [-0.25, -0.2) is 0 Å². The summed E-state index contributed by atoms with van der Waals surface area (Å²) in [6.45, 7) is 0. The first-order valence-corrected chi connectivity index (χ1v) is 7.44. The quantitative estimate of drug-likeness (QED) is 0.662. The molecule has 98 valence electrons. The second kappa shape index (κ2) is 5.74. The molecule has 2 aromatic rings. The number of thioether (sulfide) groups is 1. The number of hydrazine groups is 1. The predicted molar refractivity (Wildman–Crippen MR) is 79.0 cm³/mol. The maximum atomic E-state index is 5.78. The van der Waals surface area contributed by atoms with Crippen molar-refractivity contribution in [1.29, 1.82) is 0 Å². The zero-order valence-corrected chi connectivity index (χ0v) is 11.4. The normalized spacial score (nSPS) is 19.1. The number of nitrogens with zero attached hydrogens (tertiary/aromatic N) is 1. The largest absolute Gasteiger partial charge is 0.271 e. The van der Waals surface area contributed by atoms with Gasteiger partial charge >= 0.3 is 0 Å². The number of aromatic nitrogens is 1. The summed E-state index contributed by atoms with van der Waals surface area (Å²) in [4.78, 5) is 5.45. The van der Waals surface area contributed by atoms with Crippen LogP contribution in [0.2, 0.25) is 0 Å². The number of nitrogens with one attached hydrogen (secondary N) is 1. The molecular weight excluding hydrogens is 254 g/mol. The minimum absolute atomic E-state index is 0.263. The number of benzene rings is 1. The zero-order chi connectivity index (χ0) is 13.1. The fraction of sp³-hybridized carbons (Fsp3) is 0.267. The van der Waals surface area contributed by atoms with Gasteiger partial charge in [0.2, 0.25) is 0 Å². The van der Waals surface area contributed by atoms with Gasteiger partial charge in [0.25, 0.3) is 0 Å². The minimum atomic E-state index is 0.263. The molecule has 2 heterocycles. The van der Waals surface area contributed by atoms with E-state index < -0.39 is 0 Å². The van der Waals surface area contributed by atoms with Crippen LogP contribution in [-0.4, -0.2) is 16.8 Å². The highest BCUT2D eigenvalue weighted by Crippen LogP contribution is 2.41. The fourth-order valence-corrected chi connectivity index (χ4v) is 3.94. The Hall–Kier alpha value is -1.36. The van der Waals surface area contributed by atoms with Crippen LogP contribution >= 0.6 is 11.8 Å². The van der Waals surface area contributed by atoms with Gasteiger partial charge in [-0.15, -0.1) is 11.8 Å². The Morgan fingerprint density at radius 2 is 2.05 bits per heavy atom. The number of hydrogen-bond donors (Lipinski definition) is 2. The lowest BCUT2D eigenvalue weighted by molar-refractivity contribution is 0.463. The smallest absolute Gasteiger partial charge is 0.0328 e. The molecule has 0 fully saturated rings. The van der Waals surface area contributed by atoms with E-state index in [2.05, 4.69) is 46.8 Å². The standard InChI is InChI=1S/C15H17N3S/c16-18-14(9-11-5-7-17-8-6-11)13-10-19-15-4-2-1-3-12(13)15/h1-8,13-14,18H,9-10,16H2. The van der Waals surface area contributed by atoms with Crippen molar-refractivity contribution in [3.63, 3.8) is 0 Å². The third-order valence-electron chi connectivity index (χ3n) is 3.64. The summed E-state index contributed by atoms with van der Waals surface area (Å²) >= 11 is 1.92. The second-order valence-electron chi connectivity index (χ2n) is 4.79. The Bertz CT molecular complexity index is 544. The zero-order valence-electron chi connectivity index (χ0n) is 10.6. The van der Waals surface area contributed by atoms with Crippen molar-refractivity contribution in [1.82, 2.24) is 10.4 Å². The Balaban J connectivity index is 1.81. The van der Waals surface area contributed by atoms with Gasteiger partial charge in [-0.05, 0) is 35.7 Å². The van der Waals surface area contributed by atoms with Crippen molar-refractivity contribution in [2.45, 2.75) is 23.3 Å². The van der Waals surface area contributed by atoms with Gasteiger partial charge in [0.05, 0.1) is 0 Å². The van der Waals surface area contributed by atoms with Crippen LogP contribution in [0.1, 0.15) is 17.0 Å². The molecule has 0 radical (unpaired) electrons. The first-order valence-electron chi connectivity index (χ1n) is 6.45.